The molecule has 1 amide bonds. The summed E-state index contributed by atoms with van der Waals surface area (Å²) in [5.41, 5.74) is 3.41. The molecule has 1 aliphatic heterocycles. The molecule has 0 radical (unpaired) electrons. The van der Waals surface area contributed by atoms with Crippen molar-refractivity contribution in [1.82, 2.24) is 4.90 Å². The van der Waals surface area contributed by atoms with Crippen molar-refractivity contribution in [3.63, 3.8) is 0 Å². The highest BCUT2D eigenvalue weighted by atomic mass is 19.1. The summed E-state index contributed by atoms with van der Waals surface area (Å²) < 4.78 is 29.5. The molecule has 1 heterocycles. The Morgan fingerprint density at radius 2 is 1.66 bits per heavy atom. The van der Waals surface area contributed by atoms with Crippen LogP contribution in [0.4, 0.5) is 4.39 Å². The highest BCUT2D eigenvalue weighted by Crippen LogP contribution is 2.40. The number of Topliss-reactive ketones (excluding diaryl/α,β-unsaturated/α-hetero) is 1. The van der Waals surface area contributed by atoms with Crippen LogP contribution in [-0.2, 0) is 20.9 Å². The lowest BCUT2D eigenvalue weighted by atomic mass is 9.93. The maximum Gasteiger partial charge on any atom is 0.295 e. The van der Waals surface area contributed by atoms with Gasteiger partial charge in [-0.05, 0) is 72.5 Å². The number of carbonyl (C=O) groups excluding carboxylic acids is 2. The highest BCUT2D eigenvalue weighted by Gasteiger charge is 2.46. The number of hydrogen-bond acceptors (Lipinski definition) is 6. The quantitative estimate of drug-likeness (QED) is 0.241. The fourth-order valence-corrected chi connectivity index (χ4v) is 4.55. The van der Waals surface area contributed by atoms with E-state index in [-0.39, 0.29) is 36.9 Å². The minimum atomic E-state index is -0.807. The maximum atomic E-state index is 13.2. The molecule has 198 valence electrons. The SMILES string of the molecule is COCCN1C(=O)C(=O)/C(=C(/O)c2cc(C)c(OC)cc2C)C1c1ccc(OCc2ccc(F)cc2)cc1. The minimum absolute atomic E-state index is 0.0127. The van der Waals surface area contributed by atoms with Gasteiger partial charge in [0, 0.05) is 19.2 Å². The topological polar surface area (TPSA) is 85.3 Å². The standard InChI is InChI=1S/C30H30FNO6/c1-18-16-25(37-4)19(2)15-24(18)28(33)26-27(32(13-14-36-3)30(35)29(26)34)21-7-11-23(12-8-21)38-17-20-5-9-22(31)10-6-20/h5-12,15-16,27,33H,13-14,17H2,1-4H3/b28-26+. The van der Waals surface area contributed by atoms with Crippen molar-refractivity contribution in [2.24, 2.45) is 0 Å². The summed E-state index contributed by atoms with van der Waals surface area (Å²) in [6.45, 7) is 4.30. The van der Waals surface area contributed by atoms with E-state index in [1.165, 1.54) is 24.1 Å². The predicted octanol–water partition coefficient (Wildman–Crippen LogP) is 5.10. The third-order valence-corrected chi connectivity index (χ3v) is 6.59. The normalized spacial score (nSPS) is 16.7. The first-order chi connectivity index (χ1) is 18.2. The van der Waals surface area contributed by atoms with Crippen molar-refractivity contribution in [3.05, 3.63) is 99.9 Å². The van der Waals surface area contributed by atoms with Gasteiger partial charge in [0.2, 0.25) is 0 Å². The Balaban J connectivity index is 1.70. The van der Waals surface area contributed by atoms with Gasteiger partial charge in [0.1, 0.15) is 29.7 Å². The number of likely N-dealkylation sites (tertiary alicyclic amines) is 1. The van der Waals surface area contributed by atoms with Gasteiger partial charge in [0.15, 0.2) is 0 Å². The summed E-state index contributed by atoms with van der Waals surface area (Å²) in [6, 6.07) is 15.8. The van der Waals surface area contributed by atoms with Crippen molar-refractivity contribution in [2.45, 2.75) is 26.5 Å². The average molecular weight is 520 g/mol. The van der Waals surface area contributed by atoms with Crippen LogP contribution in [0.5, 0.6) is 11.5 Å². The fraction of sp³-hybridized carbons (Fsp3) is 0.267. The van der Waals surface area contributed by atoms with Gasteiger partial charge in [-0.3, -0.25) is 9.59 Å². The fourth-order valence-electron chi connectivity index (χ4n) is 4.55. The number of ketones is 1. The van der Waals surface area contributed by atoms with Crippen LogP contribution in [0.2, 0.25) is 0 Å². The summed E-state index contributed by atoms with van der Waals surface area (Å²) in [4.78, 5) is 27.7. The Hall–Kier alpha value is -4.17. The van der Waals surface area contributed by atoms with E-state index in [9.17, 15) is 19.1 Å². The molecule has 3 aromatic rings. The first-order valence-electron chi connectivity index (χ1n) is 12.1. The third-order valence-electron chi connectivity index (χ3n) is 6.59. The molecule has 0 bridgehead atoms. The van der Waals surface area contributed by atoms with Crippen LogP contribution in [-0.4, -0.2) is 49.1 Å². The summed E-state index contributed by atoms with van der Waals surface area (Å²) >= 11 is 0. The molecule has 8 heteroatoms. The number of rotatable bonds is 9. The van der Waals surface area contributed by atoms with Crippen molar-refractivity contribution in [1.29, 1.82) is 0 Å². The number of aliphatic hydroxyl groups excluding tert-OH is 1. The Morgan fingerprint density at radius 3 is 2.29 bits per heavy atom. The van der Waals surface area contributed by atoms with Gasteiger partial charge in [0.25, 0.3) is 11.7 Å². The number of benzene rings is 3. The number of halogens is 1. The van der Waals surface area contributed by atoms with Crippen LogP contribution in [0.25, 0.3) is 5.76 Å². The molecule has 3 aromatic carbocycles. The van der Waals surface area contributed by atoms with Crippen LogP contribution < -0.4 is 9.47 Å². The molecule has 1 fully saturated rings. The zero-order valence-electron chi connectivity index (χ0n) is 21.8. The monoisotopic (exact) mass is 519 g/mol. The molecule has 1 aliphatic rings. The van der Waals surface area contributed by atoms with Crippen molar-refractivity contribution in [3.8, 4) is 11.5 Å². The molecule has 4 rings (SSSR count). The summed E-state index contributed by atoms with van der Waals surface area (Å²) in [6.07, 6.45) is 0. The smallest absolute Gasteiger partial charge is 0.295 e. The number of nitrogens with zero attached hydrogens (tertiary/aromatic N) is 1. The Kier molecular flexibility index (Phi) is 8.12. The van der Waals surface area contributed by atoms with Gasteiger partial charge in [-0.25, -0.2) is 4.39 Å². The number of carbonyl (C=O) groups is 2. The zero-order valence-corrected chi connectivity index (χ0v) is 21.8. The number of aliphatic hydroxyl groups is 1. The van der Waals surface area contributed by atoms with E-state index in [4.69, 9.17) is 14.2 Å². The van der Waals surface area contributed by atoms with E-state index in [1.54, 1.807) is 62.6 Å². The average Bonchev–Trinajstić information content (AvgIpc) is 3.17. The van der Waals surface area contributed by atoms with Crippen LogP contribution in [0.1, 0.15) is 33.9 Å². The maximum absolute atomic E-state index is 13.2. The molecule has 0 saturated carbocycles. The molecule has 1 unspecified atom stereocenters. The molecule has 1 N–H and O–H groups in total. The highest BCUT2D eigenvalue weighted by molar-refractivity contribution is 6.46. The second kappa shape index (κ2) is 11.5. The van der Waals surface area contributed by atoms with Crippen molar-refractivity contribution in [2.75, 3.05) is 27.4 Å². The van der Waals surface area contributed by atoms with E-state index in [0.717, 1.165) is 11.1 Å². The van der Waals surface area contributed by atoms with Gasteiger partial charge in [-0.15, -0.1) is 0 Å². The minimum Gasteiger partial charge on any atom is -0.507 e. The van der Waals surface area contributed by atoms with E-state index >= 15 is 0 Å². The van der Waals surface area contributed by atoms with Gasteiger partial charge < -0.3 is 24.2 Å². The lowest BCUT2D eigenvalue weighted by Crippen LogP contribution is -2.32. The third kappa shape index (κ3) is 5.40. The zero-order chi connectivity index (χ0) is 27.4. The molecule has 1 atom stereocenters. The van der Waals surface area contributed by atoms with E-state index in [1.807, 2.05) is 6.92 Å². The van der Waals surface area contributed by atoms with Crippen LogP contribution >= 0.6 is 0 Å². The number of hydrogen-bond donors (Lipinski definition) is 1. The van der Waals surface area contributed by atoms with Crippen LogP contribution in [0, 0.1) is 19.7 Å². The second-order valence-electron chi connectivity index (χ2n) is 9.11. The molecule has 0 aromatic heterocycles. The molecule has 1 saturated heterocycles. The molecular weight excluding hydrogens is 489 g/mol. The first-order valence-corrected chi connectivity index (χ1v) is 12.1. The molecular formula is C30H30FNO6. The lowest BCUT2D eigenvalue weighted by Gasteiger charge is -2.25. The number of methoxy groups -OCH3 is 2. The first kappa shape index (κ1) is 26.9. The predicted molar refractivity (Wildman–Crippen MR) is 141 cm³/mol. The molecule has 7 nitrogen and oxygen atoms in total. The molecule has 38 heavy (non-hydrogen) atoms. The second-order valence-corrected chi connectivity index (χ2v) is 9.11. The number of amides is 1. The number of aryl methyl sites for hydroxylation is 2. The summed E-state index contributed by atoms with van der Waals surface area (Å²) in [5, 5.41) is 11.4. The van der Waals surface area contributed by atoms with Gasteiger partial charge in [-0.2, -0.15) is 0 Å². The van der Waals surface area contributed by atoms with Crippen LogP contribution in [0.3, 0.4) is 0 Å². The molecule has 0 aliphatic carbocycles. The summed E-state index contributed by atoms with van der Waals surface area (Å²) in [5.74, 6) is -0.792. The van der Waals surface area contributed by atoms with Gasteiger partial charge >= 0.3 is 0 Å². The van der Waals surface area contributed by atoms with Crippen LogP contribution in [0.15, 0.2) is 66.2 Å². The van der Waals surface area contributed by atoms with Crippen molar-refractivity contribution >= 4 is 17.4 Å². The Bertz CT molecular complexity index is 1360. The van der Waals surface area contributed by atoms with Gasteiger partial charge in [-0.1, -0.05) is 24.3 Å². The van der Waals surface area contributed by atoms with E-state index in [0.29, 0.717) is 28.2 Å². The number of ether oxygens (including phenoxy) is 3. The Morgan fingerprint density at radius 1 is 0.974 bits per heavy atom. The molecule has 0 spiro atoms. The largest absolute Gasteiger partial charge is 0.507 e. The van der Waals surface area contributed by atoms with Crippen molar-refractivity contribution < 1.29 is 33.3 Å². The summed E-state index contributed by atoms with van der Waals surface area (Å²) in [7, 11) is 3.08. The van der Waals surface area contributed by atoms with E-state index < -0.39 is 17.7 Å². The van der Waals surface area contributed by atoms with E-state index in [2.05, 4.69) is 0 Å². The Labute approximate surface area is 221 Å². The lowest BCUT2D eigenvalue weighted by molar-refractivity contribution is -0.140. The van der Waals surface area contributed by atoms with Gasteiger partial charge in [0.05, 0.1) is 25.3 Å².